The monoisotopic (exact) mass is 281 g/mol. The van der Waals surface area contributed by atoms with Gasteiger partial charge in [-0.2, -0.15) is 0 Å². The van der Waals surface area contributed by atoms with Crippen molar-refractivity contribution in [2.24, 2.45) is 0 Å². The summed E-state index contributed by atoms with van der Waals surface area (Å²) in [6.45, 7) is 9.25. The lowest BCUT2D eigenvalue weighted by molar-refractivity contribution is -0.156. The Bertz CT molecular complexity index is 447. The van der Waals surface area contributed by atoms with Gasteiger partial charge in [0.25, 0.3) is 0 Å². The van der Waals surface area contributed by atoms with Crippen LogP contribution in [0.3, 0.4) is 0 Å². The van der Waals surface area contributed by atoms with E-state index in [1.165, 1.54) is 9.75 Å². The number of aryl methyl sites for hydroxylation is 1. The topological polar surface area (TPSA) is 29.5 Å². The molecule has 2 rings (SSSR count). The van der Waals surface area contributed by atoms with Crippen LogP contribution in [0.25, 0.3) is 0 Å². The lowest BCUT2D eigenvalue weighted by atomic mass is 10.2. The first-order chi connectivity index (χ1) is 8.85. The van der Waals surface area contributed by atoms with Crippen LogP contribution in [0.15, 0.2) is 12.1 Å². The van der Waals surface area contributed by atoms with E-state index in [0.717, 1.165) is 19.4 Å². The minimum Gasteiger partial charge on any atom is -0.459 e. The molecule has 0 aromatic carbocycles. The number of likely N-dealkylation sites (tertiary alicyclic amines) is 1. The van der Waals surface area contributed by atoms with Crippen molar-refractivity contribution in [3.8, 4) is 0 Å². The molecule has 1 unspecified atom stereocenters. The molecule has 4 heteroatoms. The SMILES string of the molecule is Cc1ccc(C2CCCN2CC(=O)OC(C)(C)C)s1. The van der Waals surface area contributed by atoms with Gasteiger partial charge in [-0.25, -0.2) is 0 Å². The highest BCUT2D eigenvalue weighted by Crippen LogP contribution is 2.35. The Kier molecular flexibility index (Phi) is 4.31. The van der Waals surface area contributed by atoms with Crippen LogP contribution in [-0.2, 0) is 9.53 Å². The number of thiophene rings is 1. The molecule has 0 aliphatic carbocycles. The minimum atomic E-state index is -0.397. The molecule has 1 aliphatic heterocycles. The molecule has 3 nitrogen and oxygen atoms in total. The van der Waals surface area contributed by atoms with Gasteiger partial charge in [0.2, 0.25) is 0 Å². The van der Waals surface area contributed by atoms with Gasteiger partial charge >= 0.3 is 5.97 Å². The van der Waals surface area contributed by atoms with Gasteiger partial charge in [0.15, 0.2) is 0 Å². The summed E-state index contributed by atoms with van der Waals surface area (Å²) in [7, 11) is 0. The van der Waals surface area contributed by atoms with Crippen molar-refractivity contribution >= 4 is 17.3 Å². The molecule has 0 radical (unpaired) electrons. The molecule has 0 bridgehead atoms. The van der Waals surface area contributed by atoms with E-state index in [9.17, 15) is 4.79 Å². The molecule has 2 heterocycles. The average Bonchev–Trinajstić information content (AvgIpc) is 2.83. The fourth-order valence-electron chi connectivity index (χ4n) is 2.51. The standard InChI is InChI=1S/C15H23NO2S/c1-11-7-8-13(19-11)12-6-5-9-16(12)10-14(17)18-15(2,3)4/h7-8,12H,5-6,9-10H2,1-4H3. The molecule has 0 amide bonds. The van der Waals surface area contributed by atoms with Crippen LogP contribution >= 0.6 is 11.3 Å². The number of hydrogen-bond donors (Lipinski definition) is 0. The smallest absolute Gasteiger partial charge is 0.320 e. The van der Waals surface area contributed by atoms with Crippen molar-refractivity contribution in [3.05, 3.63) is 21.9 Å². The van der Waals surface area contributed by atoms with Crippen molar-refractivity contribution in [3.63, 3.8) is 0 Å². The van der Waals surface area contributed by atoms with Crippen LogP contribution in [0.4, 0.5) is 0 Å². The third-order valence-corrected chi connectivity index (χ3v) is 4.31. The van der Waals surface area contributed by atoms with Gasteiger partial charge in [-0.1, -0.05) is 0 Å². The number of nitrogens with zero attached hydrogens (tertiary/aromatic N) is 1. The second kappa shape index (κ2) is 5.63. The van der Waals surface area contributed by atoms with Crippen molar-refractivity contribution in [1.82, 2.24) is 4.90 Å². The molecule has 1 fully saturated rings. The van der Waals surface area contributed by atoms with Crippen LogP contribution in [0.2, 0.25) is 0 Å². The predicted octanol–water partition coefficient (Wildman–Crippen LogP) is 3.54. The average molecular weight is 281 g/mol. The van der Waals surface area contributed by atoms with Gasteiger partial charge in [0.1, 0.15) is 5.60 Å². The van der Waals surface area contributed by atoms with Crippen molar-refractivity contribution in [1.29, 1.82) is 0 Å². The van der Waals surface area contributed by atoms with Gasteiger partial charge < -0.3 is 4.74 Å². The van der Waals surface area contributed by atoms with Crippen molar-refractivity contribution < 1.29 is 9.53 Å². The van der Waals surface area contributed by atoms with Crippen LogP contribution in [-0.4, -0.2) is 29.6 Å². The van der Waals surface area contributed by atoms with E-state index < -0.39 is 5.60 Å². The molecule has 1 aromatic rings. The molecule has 1 atom stereocenters. The maximum absolute atomic E-state index is 11.9. The highest BCUT2D eigenvalue weighted by atomic mass is 32.1. The first-order valence-corrected chi connectivity index (χ1v) is 7.69. The second-order valence-electron chi connectivity index (χ2n) is 6.16. The largest absolute Gasteiger partial charge is 0.459 e. The van der Waals surface area contributed by atoms with E-state index in [4.69, 9.17) is 4.74 Å². The zero-order chi connectivity index (χ0) is 14.0. The van der Waals surface area contributed by atoms with Crippen LogP contribution in [0, 0.1) is 6.92 Å². The third kappa shape index (κ3) is 4.05. The molecule has 0 saturated carbocycles. The molecule has 0 spiro atoms. The van der Waals surface area contributed by atoms with Gasteiger partial charge in [-0.3, -0.25) is 9.69 Å². The van der Waals surface area contributed by atoms with Gasteiger partial charge in [0, 0.05) is 15.8 Å². The molecule has 1 aromatic heterocycles. The van der Waals surface area contributed by atoms with E-state index in [0.29, 0.717) is 12.6 Å². The predicted molar refractivity (Wildman–Crippen MR) is 78.4 cm³/mol. The first kappa shape index (κ1) is 14.5. The number of esters is 1. The summed E-state index contributed by atoms with van der Waals surface area (Å²) in [5, 5.41) is 0. The Balaban J connectivity index is 1.98. The summed E-state index contributed by atoms with van der Waals surface area (Å²) in [5.41, 5.74) is -0.397. The number of ether oxygens (including phenoxy) is 1. The zero-order valence-corrected chi connectivity index (χ0v) is 13.0. The molecule has 19 heavy (non-hydrogen) atoms. The highest BCUT2D eigenvalue weighted by Gasteiger charge is 2.30. The lowest BCUT2D eigenvalue weighted by Gasteiger charge is -2.25. The lowest BCUT2D eigenvalue weighted by Crippen LogP contribution is -2.34. The van der Waals surface area contributed by atoms with Crippen molar-refractivity contribution in [2.75, 3.05) is 13.1 Å². The van der Waals surface area contributed by atoms with E-state index in [1.807, 2.05) is 32.1 Å². The summed E-state index contributed by atoms with van der Waals surface area (Å²) in [6, 6.07) is 4.74. The summed E-state index contributed by atoms with van der Waals surface area (Å²) in [6.07, 6.45) is 2.30. The van der Waals surface area contributed by atoms with Gasteiger partial charge in [-0.15, -0.1) is 11.3 Å². The first-order valence-electron chi connectivity index (χ1n) is 6.87. The van der Waals surface area contributed by atoms with Gasteiger partial charge in [0.05, 0.1) is 6.54 Å². The van der Waals surface area contributed by atoms with Crippen LogP contribution in [0.1, 0.15) is 49.4 Å². The summed E-state index contributed by atoms with van der Waals surface area (Å²) >= 11 is 1.84. The number of carbonyl (C=O) groups is 1. The van der Waals surface area contributed by atoms with E-state index >= 15 is 0 Å². The second-order valence-corrected chi connectivity index (χ2v) is 7.48. The zero-order valence-electron chi connectivity index (χ0n) is 12.2. The number of rotatable bonds is 3. The quantitative estimate of drug-likeness (QED) is 0.794. The van der Waals surface area contributed by atoms with Crippen LogP contribution < -0.4 is 0 Å². The van der Waals surface area contributed by atoms with E-state index in [1.54, 1.807) is 0 Å². The Hall–Kier alpha value is -0.870. The highest BCUT2D eigenvalue weighted by molar-refractivity contribution is 7.12. The van der Waals surface area contributed by atoms with Gasteiger partial charge in [-0.05, 0) is 59.2 Å². The summed E-state index contributed by atoms with van der Waals surface area (Å²) in [4.78, 5) is 16.9. The molecular weight excluding hydrogens is 258 g/mol. The molecule has 0 N–H and O–H groups in total. The Morgan fingerprint density at radius 1 is 1.47 bits per heavy atom. The third-order valence-electron chi connectivity index (χ3n) is 3.21. The molecule has 106 valence electrons. The summed E-state index contributed by atoms with van der Waals surface area (Å²) < 4.78 is 5.41. The molecule has 1 saturated heterocycles. The van der Waals surface area contributed by atoms with Crippen molar-refractivity contribution in [2.45, 2.75) is 52.2 Å². The maximum atomic E-state index is 11.9. The Morgan fingerprint density at radius 3 is 2.79 bits per heavy atom. The number of carbonyl (C=O) groups excluding carboxylic acids is 1. The summed E-state index contributed by atoms with van der Waals surface area (Å²) in [5.74, 6) is -0.118. The molecular formula is C15H23NO2S. The fraction of sp³-hybridized carbons (Fsp3) is 0.667. The minimum absolute atomic E-state index is 0.118. The maximum Gasteiger partial charge on any atom is 0.320 e. The fourth-order valence-corrected chi connectivity index (χ4v) is 3.56. The normalized spacial score (nSPS) is 20.7. The Morgan fingerprint density at radius 2 is 2.21 bits per heavy atom. The Labute approximate surface area is 119 Å². The molecule has 1 aliphatic rings. The number of hydrogen-bond acceptors (Lipinski definition) is 4. The van der Waals surface area contributed by atoms with Crippen LogP contribution in [0.5, 0.6) is 0 Å². The van der Waals surface area contributed by atoms with E-state index in [2.05, 4.69) is 24.0 Å². The van der Waals surface area contributed by atoms with E-state index in [-0.39, 0.29) is 5.97 Å².